The fraction of sp³-hybridized carbons (Fsp3) is 0.304. The zero-order chi connectivity index (χ0) is 21.8. The maximum Gasteiger partial charge on any atom is 0.174 e. The molecular weight excluding hydrogens is 432 g/mol. The summed E-state index contributed by atoms with van der Waals surface area (Å²) in [6, 6.07) is 15.7. The van der Waals surface area contributed by atoms with Gasteiger partial charge in [0.25, 0.3) is 0 Å². The molecule has 2 aromatic heterocycles. The molecule has 3 aromatic rings. The number of rotatable bonds is 8. The summed E-state index contributed by atoms with van der Waals surface area (Å²) in [5.41, 5.74) is 2.99. The van der Waals surface area contributed by atoms with E-state index >= 15 is 0 Å². The number of pyridine rings is 1. The molecule has 1 fully saturated rings. The molecule has 2 unspecified atom stereocenters. The fourth-order valence-electron chi connectivity index (χ4n) is 3.91. The molecule has 162 valence electrons. The largest absolute Gasteiger partial charge is 0.490 e. The topological polar surface area (TPSA) is 51.6 Å². The Balaban J connectivity index is 1.73. The first-order valence-electron chi connectivity index (χ1n) is 10.2. The van der Waals surface area contributed by atoms with Gasteiger partial charge in [0.1, 0.15) is 18.4 Å². The molecule has 1 N–H and O–H groups in total. The summed E-state index contributed by atoms with van der Waals surface area (Å²) in [5, 5.41) is 4.64. The van der Waals surface area contributed by atoms with Crippen molar-refractivity contribution in [1.82, 2.24) is 14.9 Å². The highest BCUT2D eigenvalue weighted by atomic mass is 35.5. The number of thiocarbonyl (C=S) groups is 1. The van der Waals surface area contributed by atoms with Crippen LogP contribution in [-0.4, -0.2) is 35.0 Å². The number of hydrogen-bond donors (Lipinski definition) is 1. The first-order chi connectivity index (χ1) is 15.1. The van der Waals surface area contributed by atoms with Crippen molar-refractivity contribution in [1.29, 1.82) is 0 Å². The maximum absolute atomic E-state index is 6.55. The first-order valence-corrected chi connectivity index (χ1v) is 11.0. The second kappa shape index (κ2) is 9.68. The second-order valence-corrected chi connectivity index (χ2v) is 7.97. The van der Waals surface area contributed by atoms with Crippen molar-refractivity contribution in [3.63, 3.8) is 0 Å². The molecule has 3 heterocycles. The van der Waals surface area contributed by atoms with Crippen LogP contribution in [0.15, 0.2) is 60.9 Å². The Kier molecular flexibility index (Phi) is 6.75. The van der Waals surface area contributed by atoms with Crippen LogP contribution in [-0.2, 0) is 11.3 Å². The van der Waals surface area contributed by atoms with E-state index in [4.69, 9.17) is 33.3 Å². The summed E-state index contributed by atoms with van der Waals surface area (Å²) < 4.78 is 13.0. The van der Waals surface area contributed by atoms with Crippen LogP contribution in [0.1, 0.15) is 30.4 Å². The van der Waals surface area contributed by atoms with Gasteiger partial charge in [-0.3, -0.25) is 4.98 Å². The Hall–Kier alpha value is -2.61. The zero-order valence-electron chi connectivity index (χ0n) is 17.5. The van der Waals surface area contributed by atoms with Crippen molar-refractivity contribution in [2.45, 2.75) is 25.6 Å². The number of hydrogen-bond acceptors (Lipinski definition) is 4. The highest BCUT2D eigenvalue weighted by molar-refractivity contribution is 7.80. The SMILES string of the molecule is CCn1cccc1C1C(c2ccccn2)NC(=S)N1c1ccc(OCCOC)c(Cl)c1. The van der Waals surface area contributed by atoms with Crippen LogP contribution in [0.2, 0.25) is 5.02 Å². The number of benzene rings is 1. The second-order valence-electron chi connectivity index (χ2n) is 7.17. The lowest BCUT2D eigenvalue weighted by Crippen LogP contribution is -2.30. The Morgan fingerprint density at radius 3 is 2.74 bits per heavy atom. The molecule has 1 aromatic carbocycles. The average molecular weight is 457 g/mol. The van der Waals surface area contributed by atoms with E-state index in [1.165, 1.54) is 0 Å². The third kappa shape index (κ3) is 4.39. The van der Waals surface area contributed by atoms with Crippen LogP contribution in [0, 0.1) is 0 Å². The summed E-state index contributed by atoms with van der Waals surface area (Å²) in [5.74, 6) is 0.621. The molecule has 0 amide bonds. The van der Waals surface area contributed by atoms with Crippen molar-refractivity contribution in [2.24, 2.45) is 0 Å². The van der Waals surface area contributed by atoms with Gasteiger partial charge >= 0.3 is 0 Å². The third-order valence-electron chi connectivity index (χ3n) is 5.35. The summed E-state index contributed by atoms with van der Waals surface area (Å²) in [6.45, 7) is 3.93. The molecule has 31 heavy (non-hydrogen) atoms. The van der Waals surface area contributed by atoms with Crippen molar-refractivity contribution in [3.05, 3.63) is 77.3 Å². The fourth-order valence-corrected chi connectivity index (χ4v) is 4.48. The van der Waals surface area contributed by atoms with Crippen LogP contribution in [0.3, 0.4) is 0 Å². The zero-order valence-corrected chi connectivity index (χ0v) is 19.1. The van der Waals surface area contributed by atoms with E-state index in [9.17, 15) is 0 Å². The first kappa shape index (κ1) is 21.6. The number of aryl methyl sites for hydroxylation is 1. The van der Waals surface area contributed by atoms with E-state index in [0.29, 0.717) is 29.1 Å². The summed E-state index contributed by atoms with van der Waals surface area (Å²) in [6.07, 6.45) is 3.89. The van der Waals surface area contributed by atoms with E-state index in [0.717, 1.165) is 23.6 Å². The number of aromatic nitrogens is 2. The predicted molar refractivity (Wildman–Crippen MR) is 127 cm³/mol. The standard InChI is InChI=1S/C23H25ClN4O2S/c1-3-27-12-6-8-19(27)22-21(18-7-4-5-11-25-18)26-23(31)28(22)16-9-10-20(17(24)15-16)30-14-13-29-2/h4-12,15,21-22H,3,13-14H2,1-2H3,(H,26,31). The van der Waals surface area contributed by atoms with E-state index in [1.54, 1.807) is 7.11 Å². The van der Waals surface area contributed by atoms with Crippen molar-refractivity contribution in [3.8, 4) is 5.75 Å². The highest BCUT2D eigenvalue weighted by Gasteiger charge is 2.42. The molecule has 0 spiro atoms. The molecule has 0 radical (unpaired) electrons. The molecule has 0 bridgehead atoms. The predicted octanol–water partition coefficient (Wildman–Crippen LogP) is 4.76. The van der Waals surface area contributed by atoms with E-state index in [-0.39, 0.29) is 12.1 Å². The minimum absolute atomic E-state index is 0.0753. The van der Waals surface area contributed by atoms with E-state index in [2.05, 4.69) is 45.0 Å². The summed E-state index contributed by atoms with van der Waals surface area (Å²) in [4.78, 5) is 6.71. The minimum atomic E-state index is -0.0923. The van der Waals surface area contributed by atoms with E-state index in [1.807, 2.05) is 42.6 Å². The lowest BCUT2D eigenvalue weighted by atomic mass is 10.0. The molecule has 1 saturated heterocycles. The monoisotopic (exact) mass is 456 g/mol. The van der Waals surface area contributed by atoms with Gasteiger partial charge in [-0.2, -0.15) is 0 Å². The van der Waals surface area contributed by atoms with Crippen LogP contribution in [0.4, 0.5) is 5.69 Å². The van der Waals surface area contributed by atoms with E-state index < -0.39 is 0 Å². The Bertz CT molecular complexity index is 1040. The van der Waals surface area contributed by atoms with Crippen molar-refractivity contribution >= 4 is 34.6 Å². The average Bonchev–Trinajstić information content (AvgIpc) is 3.39. The molecule has 8 heteroatoms. The van der Waals surface area contributed by atoms with Gasteiger partial charge in [0.2, 0.25) is 0 Å². The smallest absolute Gasteiger partial charge is 0.174 e. The molecule has 4 rings (SSSR count). The number of ether oxygens (including phenoxy) is 2. The minimum Gasteiger partial charge on any atom is -0.490 e. The molecule has 0 saturated carbocycles. The molecule has 0 aliphatic carbocycles. The summed E-state index contributed by atoms with van der Waals surface area (Å²) in [7, 11) is 1.64. The number of halogens is 1. The van der Waals surface area contributed by atoms with Gasteiger partial charge in [-0.1, -0.05) is 17.7 Å². The maximum atomic E-state index is 6.55. The highest BCUT2D eigenvalue weighted by Crippen LogP contribution is 2.43. The van der Waals surface area contributed by atoms with Crippen LogP contribution < -0.4 is 15.0 Å². The van der Waals surface area contributed by atoms with Crippen LogP contribution >= 0.6 is 23.8 Å². The van der Waals surface area contributed by atoms with Crippen molar-refractivity contribution < 1.29 is 9.47 Å². The number of nitrogens with one attached hydrogen (secondary N) is 1. The van der Waals surface area contributed by atoms with Crippen molar-refractivity contribution in [2.75, 3.05) is 25.2 Å². The Morgan fingerprint density at radius 1 is 1.16 bits per heavy atom. The molecule has 1 aliphatic heterocycles. The summed E-state index contributed by atoms with van der Waals surface area (Å²) >= 11 is 12.3. The van der Waals surface area contributed by atoms with Gasteiger partial charge in [0.15, 0.2) is 5.11 Å². The molecular formula is C23H25ClN4O2S. The van der Waals surface area contributed by atoms with Gasteiger partial charge in [0, 0.05) is 37.4 Å². The molecule has 6 nitrogen and oxygen atoms in total. The lowest BCUT2D eigenvalue weighted by molar-refractivity contribution is 0.146. The van der Waals surface area contributed by atoms with Crippen LogP contribution in [0.5, 0.6) is 5.75 Å². The lowest BCUT2D eigenvalue weighted by Gasteiger charge is -2.29. The van der Waals surface area contributed by atoms with Gasteiger partial charge in [-0.25, -0.2) is 0 Å². The number of anilines is 1. The molecule has 2 atom stereocenters. The van der Waals surface area contributed by atoms with Gasteiger partial charge < -0.3 is 24.3 Å². The number of nitrogens with zero attached hydrogens (tertiary/aromatic N) is 3. The Morgan fingerprint density at radius 2 is 2.03 bits per heavy atom. The van der Waals surface area contributed by atoms with Crippen LogP contribution in [0.25, 0.3) is 0 Å². The van der Waals surface area contributed by atoms with Gasteiger partial charge in [-0.15, -0.1) is 0 Å². The Labute approximate surface area is 192 Å². The van der Waals surface area contributed by atoms with Gasteiger partial charge in [0.05, 0.1) is 23.4 Å². The number of methoxy groups -OCH3 is 1. The molecule has 1 aliphatic rings. The quantitative estimate of drug-likeness (QED) is 0.389. The normalized spacial score (nSPS) is 18.3. The third-order valence-corrected chi connectivity index (χ3v) is 5.96. The van der Waals surface area contributed by atoms with Gasteiger partial charge in [-0.05, 0) is 61.6 Å².